The molecule has 1 fully saturated rings. The minimum absolute atomic E-state index is 0.0448. The predicted molar refractivity (Wildman–Crippen MR) is 77.0 cm³/mol. The molecular weight excluding hydrogens is 271 g/mol. The number of amides is 1. The second-order valence-corrected chi connectivity index (χ2v) is 5.05. The van der Waals surface area contributed by atoms with E-state index in [1.807, 2.05) is 0 Å². The highest BCUT2D eigenvalue weighted by Gasteiger charge is 2.22. The summed E-state index contributed by atoms with van der Waals surface area (Å²) in [7, 11) is 0. The summed E-state index contributed by atoms with van der Waals surface area (Å²) in [4.78, 5) is 14.3. The summed E-state index contributed by atoms with van der Waals surface area (Å²) in [6.07, 6.45) is 1.52. The zero-order valence-electron chi connectivity index (χ0n) is 11.8. The Bertz CT molecular complexity index is 661. The fourth-order valence-electron chi connectivity index (χ4n) is 2.52. The van der Waals surface area contributed by atoms with Crippen molar-refractivity contribution in [1.29, 1.82) is 0 Å². The molecule has 1 N–H and O–H groups in total. The molecule has 3 rings (SSSR count). The van der Waals surface area contributed by atoms with Gasteiger partial charge in [0.2, 0.25) is 0 Å². The summed E-state index contributed by atoms with van der Waals surface area (Å²) in [6, 6.07) is 6.41. The first kappa shape index (κ1) is 13.8. The molecule has 0 atom stereocenters. The quantitative estimate of drug-likeness (QED) is 0.908. The molecule has 0 radical (unpaired) electrons. The van der Waals surface area contributed by atoms with Gasteiger partial charge in [-0.25, -0.2) is 9.07 Å². The van der Waals surface area contributed by atoms with Crippen molar-refractivity contribution < 1.29 is 9.18 Å². The number of benzene rings is 1. The van der Waals surface area contributed by atoms with Crippen LogP contribution in [0.15, 0.2) is 30.5 Å². The number of piperazine rings is 1. The van der Waals surface area contributed by atoms with Crippen molar-refractivity contribution in [3.63, 3.8) is 0 Å². The summed E-state index contributed by atoms with van der Waals surface area (Å²) in [5.41, 5.74) is 1.54. The summed E-state index contributed by atoms with van der Waals surface area (Å²) < 4.78 is 15.3. The number of aromatic nitrogens is 2. The number of carbonyl (C=O) groups is 1. The van der Waals surface area contributed by atoms with E-state index in [-0.39, 0.29) is 11.7 Å². The Kier molecular flexibility index (Phi) is 3.70. The third-order valence-corrected chi connectivity index (χ3v) is 3.73. The highest BCUT2D eigenvalue weighted by Crippen LogP contribution is 2.18. The van der Waals surface area contributed by atoms with Gasteiger partial charge in [-0.05, 0) is 19.1 Å². The number of rotatable bonds is 2. The van der Waals surface area contributed by atoms with Gasteiger partial charge in [0, 0.05) is 26.2 Å². The first-order chi connectivity index (χ1) is 10.2. The molecule has 110 valence electrons. The molecule has 1 aromatic carbocycles. The highest BCUT2D eigenvalue weighted by atomic mass is 19.1. The molecule has 2 heterocycles. The van der Waals surface area contributed by atoms with Crippen LogP contribution in [0.25, 0.3) is 5.69 Å². The second-order valence-electron chi connectivity index (χ2n) is 5.05. The number of hydrogen-bond acceptors (Lipinski definition) is 3. The maximum Gasteiger partial charge on any atom is 0.257 e. The minimum Gasteiger partial charge on any atom is -0.336 e. The van der Waals surface area contributed by atoms with Gasteiger partial charge in [0.25, 0.3) is 5.91 Å². The van der Waals surface area contributed by atoms with Crippen LogP contribution < -0.4 is 5.32 Å². The zero-order valence-corrected chi connectivity index (χ0v) is 11.8. The number of hydrogen-bond donors (Lipinski definition) is 1. The van der Waals surface area contributed by atoms with Crippen LogP contribution in [0, 0.1) is 12.7 Å². The van der Waals surface area contributed by atoms with E-state index >= 15 is 0 Å². The lowest BCUT2D eigenvalue weighted by molar-refractivity contribution is 0.0735. The van der Waals surface area contributed by atoms with Crippen molar-refractivity contribution in [2.45, 2.75) is 6.92 Å². The summed E-state index contributed by atoms with van der Waals surface area (Å²) in [5, 5.41) is 7.39. The fraction of sp³-hybridized carbons (Fsp3) is 0.333. The molecule has 0 saturated carbocycles. The van der Waals surface area contributed by atoms with Crippen molar-refractivity contribution in [2.24, 2.45) is 0 Å². The first-order valence-electron chi connectivity index (χ1n) is 6.98. The molecule has 1 aliphatic rings. The van der Waals surface area contributed by atoms with Crippen LogP contribution in [0.3, 0.4) is 0 Å². The largest absolute Gasteiger partial charge is 0.336 e. The van der Waals surface area contributed by atoms with Gasteiger partial charge < -0.3 is 10.2 Å². The lowest BCUT2D eigenvalue weighted by Gasteiger charge is -2.27. The SMILES string of the molecule is Cc1c(C(=O)N2CCNCC2)cnn1-c1ccccc1F. The molecule has 5 nitrogen and oxygen atoms in total. The Morgan fingerprint density at radius 2 is 2.00 bits per heavy atom. The van der Waals surface area contributed by atoms with Gasteiger partial charge in [-0.2, -0.15) is 5.10 Å². The van der Waals surface area contributed by atoms with Gasteiger partial charge in [0.15, 0.2) is 0 Å². The van der Waals surface area contributed by atoms with Crippen LogP contribution in [0.5, 0.6) is 0 Å². The maximum atomic E-state index is 13.9. The molecule has 0 aliphatic carbocycles. The van der Waals surface area contributed by atoms with Gasteiger partial charge in [-0.3, -0.25) is 4.79 Å². The average Bonchev–Trinajstić information content (AvgIpc) is 2.89. The molecule has 2 aromatic rings. The number of para-hydroxylation sites is 1. The van der Waals surface area contributed by atoms with E-state index in [1.54, 1.807) is 30.0 Å². The maximum absolute atomic E-state index is 13.9. The summed E-state index contributed by atoms with van der Waals surface area (Å²) in [6.45, 7) is 4.75. The second kappa shape index (κ2) is 5.65. The summed E-state index contributed by atoms with van der Waals surface area (Å²) >= 11 is 0. The van der Waals surface area contributed by atoms with E-state index in [1.165, 1.54) is 16.9 Å². The van der Waals surface area contributed by atoms with Crippen LogP contribution in [0.4, 0.5) is 4.39 Å². The van der Waals surface area contributed by atoms with Crippen LogP contribution in [-0.4, -0.2) is 46.8 Å². The predicted octanol–water partition coefficient (Wildman–Crippen LogP) is 1.37. The van der Waals surface area contributed by atoms with Crippen molar-refractivity contribution >= 4 is 5.91 Å². The third kappa shape index (κ3) is 2.54. The van der Waals surface area contributed by atoms with Crippen LogP contribution >= 0.6 is 0 Å². The molecular formula is C15H17FN4O. The van der Waals surface area contributed by atoms with Crippen molar-refractivity contribution in [3.05, 3.63) is 47.5 Å². The number of carbonyl (C=O) groups excluding carboxylic acids is 1. The third-order valence-electron chi connectivity index (χ3n) is 3.73. The average molecular weight is 288 g/mol. The monoisotopic (exact) mass is 288 g/mol. The topological polar surface area (TPSA) is 50.2 Å². The number of halogens is 1. The standard InChI is InChI=1S/C15H17FN4O/c1-11-12(15(21)19-8-6-17-7-9-19)10-18-20(11)14-5-3-2-4-13(14)16/h2-5,10,17H,6-9H2,1H3. The summed E-state index contributed by atoms with van der Waals surface area (Å²) in [5.74, 6) is -0.401. The molecule has 0 spiro atoms. The molecule has 1 amide bonds. The molecule has 0 bridgehead atoms. The fourth-order valence-corrected chi connectivity index (χ4v) is 2.52. The van der Waals surface area contributed by atoms with Gasteiger partial charge in [-0.1, -0.05) is 12.1 Å². The van der Waals surface area contributed by atoms with E-state index < -0.39 is 0 Å². The van der Waals surface area contributed by atoms with Gasteiger partial charge in [0.1, 0.15) is 11.5 Å². The zero-order chi connectivity index (χ0) is 14.8. The normalized spacial score (nSPS) is 15.2. The highest BCUT2D eigenvalue weighted by molar-refractivity contribution is 5.95. The Balaban J connectivity index is 1.92. The molecule has 6 heteroatoms. The lowest BCUT2D eigenvalue weighted by Crippen LogP contribution is -2.46. The molecule has 21 heavy (non-hydrogen) atoms. The molecule has 1 aromatic heterocycles. The van der Waals surface area contributed by atoms with Crippen molar-refractivity contribution in [1.82, 2.24) is 20.0 Å². The smallest absolute Gasteiger partial charge is 0.257 e. The Morgan fingerprint density at radius 1 is 1.29 bits per heavy atom. The number of nitrogens with zero attached hydrogens (tertiary/aromatic N) is 3. The lowest BCUT2D eigenvalue weighted by atomic mass is 10.2. The Labute approximate surface area is 122 Å². The van der Waals surface area contributed by atoms with Crippen LogP contribution in [0.1, 0.15) is 16.1 Å². The van der Waals surface area contributed by atoms with E-state index in [4.69, 9.17) is 0 Å². The molecule has 0 unspecified atom stereocenters. The number of nitrogens with one attached hydrogen (secondary N) is 1. The van der Waals surface area contributed by atoms with Crippen molar-refractivity contribution in [3.8, 4) is 5.69 Å². The van der Waals surface area contributed by atoms with E-state index in [0.717, 1.165) is 13.1 Å². The van der Waals surface area contributed by atoms with Gasteiger partial charge in [-0.15, -0.1) is 0 Å². The van der Waals surface area contributed by atoms with Crippen LogP contribution in [-0.2, 0) is 0 Å². The van der Waals surface area contributed by atoms with Gasteiger partial charge in [0.05, 0.1) is 17.5 Å². The molecule has 1 saturated heterocycles. The van der Waals surface area contributed by atoms with Crippen LogP contribution in [0.2, 0.25) is 0 Å². The van der Waals surface area contributed by atoms with Gasteiger partial charge >= 0.3 is 0 Å². The van der Waals surface area contributed by atoms with E-state index in [2.05, 4.69) is 10.4 Å². The van der Waals surface area contributed by atoms with E-state index in [9.17, 15) is 9.18 Å². The minimum atomic E-state index is -0.357. The Hall–Kier alpha value is -2.21. The van der Waals surface area contributed by atoms with Crippen molar-refractivity contribution in [2.75, 3.05) is 26.2 Å². The first-order valence-corrected chi connectivity index (χ1v) is 6.98. The van der Waals surface area contributed by atoms with E-state index in [0.29, 0.717) is 30.0 Å². The molecule has 1 aliphatic heterocycles. The Morgan fingerprint density at radius 3 is 2.71 bits per heavy atom.